The lowest BCUT2D eigenvalue weighted by atomic mass is 10.0. The van der Waals surface area contributed by atoms with E-state index in [4.69, 9.17) is 4.74 Å². The first-order valence-corrected chi connectivity index (χ1v) is 11.5. The summed E-state index contributed by atoms with van der Waals surface area (Å²) >= 11 is 0. The number of methoxy groups -OCH3 is 1. The first-order chi connectivity index (χ1) is 15.5. The Labute approximate surface area is 189 Å². The normalized spacial score (nSPS) is 11.8. The molecule has 0 saturated carbocycles. The van der Waals surface area contributed by atoms with Crippen LogP contribution in [0.5, 0.6) is 5.75 Å². The molecule has 0 unspecified atom stereocenters. The van der Waals surface area contributed by atoms with E-state index in [9.17, 15) is 26.4 Å². The third-order valence-electron chi connectivity index (χ3n) is 5.12. The van der Waals surface area contributed by atoms with Gasteiger partial charge in [0.05, 0.1) is 40.8 Å². The maximum atomic E-state index is 13.4. The quantitative estimate of drug-likeness (QED) is 0.507. The van der Waals surface area contributed by atoms with Crippen molar-refractivity contribution in [1.82, 2.24) is 4.98 Å². The second-order valence-corrected chi connectivity index (χ2v) is 9.32. The Morgan fingerprint density at radius 3 is 2.42 bits per heavy atom. The van der Waals surface area contributed by atoms with Gasteiger partial charge in [-0.15, -0.1) is 0 Å². The highest BCUT2D eigenvalue weighted by atomic mass is 32.2. The average molecular weight is 478 g/mol. The van der Waals surface area contributed by atoms with Crippen LogP contribution in [-0.4, -0.2) is 39.2 Å². The van der Waals surface area contributed by atoms with Gasteiger partial charge >= 0.3 is 6.18 Å². The standard InChI is InChI=1S/C23H21F3N2O4S/c1-4-33(30,31)21-10-9-15(23(24,25)26)13-18(21)22(29)28(2)19-14-27-12-11-16(19)17-7-5-6-8-20(17)32-3/h5-14H,4H2,1-3H3. The van der Waals surface area contributed by atoms with Crippen molar-refractivity contribution < 1.29 is 31.1 Å². The second-order valence-electron chi connectivity index (χ2n) is 7.07. The Morgan fingerprint density at radius 2 is 1.79 bits per heavy atom. The summed E-state index contributed by atoms with van der Waals surface area (Å²) in [5.74, 6) is -0.779. The molecule has 0 N–H and O–H groups in total. The Hall–Kier alpha value is -3.40. The van der Waals surface area contributed by atoms with Crippen LogP contribution in [0.1, 0.15) is 22.8 Å². The van der Waals surface area contributed by atoms with Crippen LogP contribution >= 0.6 is 0 Å². The van der Waals surface area contributed by atoms with Crippen LogP contribution in [0.15, 0.2) is 65.8 Å². The molecule has 10 heteroatoms. The lowest BCUT2D eigenvalue weighted by Crippen LogP contribution is -2.29. The number of hydrogen-bond donors (Lipinski definition) is 0. The maximum Gasteiger partial charge on any atom is 0.416 e. The number of amides is 1. The number of ether oxygens (including phenoxy) is 1. The van der Waals surface area contributed by atoms with Gasteiger partial charge < -0.3 is 9.64 Å². The fraction of sp³-hybridized carbons (Fsp3) is 0.217. The smallest absolute Gasteiger partial charge is 0.416 e. The molecule has 0 saturated heterocycles. The highest BCUT2D eigenvalue weighted by Gasteiger charge is 2.34. The fourth-order valence-corrected chi connectivity index (χ4v) is 4.41. The van der Waals surface area contributed by atoms with Crippen molar-refractivity contribution in [3.8, 4) is 16.9 Å². The summed E-state index contributed by atoms with van der Waals surface area (Å²) in [4.78, 5) is 18.0. The van der Waals surface area contributed by atoms with Crippen molar-refractivity contribution in [3.63, 3.8) is 0 Å². The molecular formula is C23H21F3N2O4S. The van der Waals surface area contributed by atoms with Crippen LogP contribution in [0.3, 0.4) is 0 Å². The minimum absolute atomic E-state index is 0.268. The number of benzene rings is 2. The largest absolute Gasteiger partial charge is 0.496 e. The minimum Gasteiger partial charge on any atom is -0.496 e. The van der Waals surface area contributed by atoms with Crippen molar-refractivity contribution in [3.05, 3.63) is 72.1 Å². The Morgan fingerprint density at radius 1 is 1.09 bits per heavy atom. The van der Waals surface area contributed by atoms with Crippen molar-refractivity contribution in [2.24, 2.45) is 0 Å². The average Bonchev–Trinajstić information content (AvgIpc) is 2.82. The lowest BCUT2D eigenvalue weighted by Gasteiger charge is -2.23. The molecule has 0 aliphatic heterocycles. The zero-order valence-electron chi connectivity index (χ0n) is 18.1. The summed E-state index contributed by atoms with van der Waals surface area (Å²) in [5.41, 5.74) is -0.258. The molecule has 0 spiro atoms. The molecule has 0 fully saturated rings. The SMILES string of the molecule is CCS(=O)(=O)c1ccc(C(F)(F)F)cc1C(=O)N(C)c1cnccc1-c1ccccc1OC. The third-order valence-corrected chi connectivity index (χ3v) is 6.90. The van der Waals surface area contributed by atoms with Gasteiger partial charge in [0.2, 0.25) is 0 Å². The maximum absolute atomic E-state index is 13.4. The molecule has 1 amide bonds. The van der Waals surface area contributed by atoms with Gasteiger partial charge in [0.25, 0.3) is 5.91 Å². The van der Waals surface area contributed by atoms with Crippen LogP contribution in [0.25, 0.3) is 11.1 Å². The van der Waals surface area contributed by atoms with Gasteiger partial charge in [-0.25, -0.2) is 8.42 Å². The van der Waals surface area contributed by atoms with Gasteiger partial charge in [-0.1, -0.05) is 25.1 Å². The molecule has 0 bridgehead atoms. The molecule has 0 aliphatic carbocycles. The first-order valence-electron chi connectivity index (χ1n) is 9.80. The number of hydrogen-bond acceptors (Lipinski definition) is 5. The number of aromatic nitrogens is 1. The number of carbonyl (C=O) groups excluding carboxylic acids is 1. The molecule has 1 heterocycles. The predicted molar refractivity (Wildman–Crippen MR) is 118 cm³/mol. The third kappa shape index (κ3) is 4.85. The van der Waals surface area contributed by atoms with E-state index in [1.54, 1.807) is 30.3 Å². The molecule has 0 aliphatic rings. The second kappa shape index (κ2) is 9.22. The van der Waals surface area contributed by atoms with Crippen molar-refractivity contribution in [2.75, 3.05) is 24.8 Å². The summed E-state index contributed by atoms with van der Waals surface area (Å²) in [6, 6.07) is 10.7. The van der Waals surface area contributed by atoms with Crippen molar-refractivity contribution in [1.29, 1.82) is 0 Å². The number of anilines is 1. The lowest BCUT2D eigenvalue weighted by molar-refractivity contribution is -0.137. The molecule has 3 aromatic rings. The van der Waals surface area contributed by atoms with E-state index in [2.05, 4.69) is 4.98 Å². The molecule has 33 heavy (non-hydrogen) atoms. The van der Waals surface area contributed by atoms with Crippen LogP contribution < -0.4 is 9.64 Å². The molecule has 6 nitrogen and oxygen atoms in total. The molecule has 0 radical (unpaired) electrons. The Bertz CT molecular complexity index is 1290. The zero-order chi connectivity index (χ0) is 24.4. The van der Waals surface area contributed by atoms with Crippen molar-refractivity contribution in [2.45, 2.75) is 18.0 Å². The van der Waals surface area contributed by atoms with E-state index in [0.717, 1.165) is 11.0 Å². The first kappa shape index (κ1) is 24.2. The summed E-state index contributed by atoms with van der Waals surface area (Å²) in [5, 5.41) is 0. The topological polar surface area (TPSA) is 76.6 Å². The van der Waals surface area contributed by atoms with E-state index in [1.165, 1.54) is 33.5 Å². The van der Waals surface area contributed by atoms with E-state index in [0.29, 0.717) is 29.0 Å². The molecule has 1 aromatic heterocycles. The fourth-order valence-electron chi connectivity index (χ4n) is 3.34. The van der Waals surface area contributed by atoms with Gasteiger partial charge in [0.15, 0.2) is 9.84 Å². The summed E-state index contributed by atoms with van der Waals surface area (Å²) in [7, 11) is -1.14. The van der Waals surface area contributed by atoms with Crippen LogP contribution in [-0.2, 0) is 16.0 Å². The number of carbonyl (C=O) groups is 1. The molecule has 174 valence electrons. The highest BCUT2D eigenvalue weighted by molar-refractivity contribution is 7.91. The molecule has 3 rings (SSSR count). The Balaban J connectivity index is 2.18. The van der Waals surface area contributed by atoms with Gasteiger partial charge in [-0.2, -0.15) is 13.2 Å². The summed E-state index contributed by atoms with van der Waals surface area (Å²) < 4.78 is 70.5. The molecular weight excluding hydrogens is 457 g/mol. The number of alkyl halides is 3. The number of halogens is 3. The number of rotatable bonds is 6. The van der Waals surface area contributed by atoms with Gasteiger partial charge in [-0.05, 0) is 30.3 Å². The summed E-state index contributed by atoms with van der Waals surface area (Å²) in [6.07, 6.45) is -1.87. The number of pyridine rings is 1. The van der Waals surface area contributed by atoms with Gasteiger partial charge in [0.1, 0.15) is 5.75 Å². The van der Waals surface area contributed by atoms with E-state index in [-0.39, 0.29) is 11.4 Å². The highest BCUT2D eigenvalue weighted by Crippen LogP contribution is 2.37. The molecule has 0 atom stereocenters. The van der Waals surface area contributed by atoms with Crippen LogP contribution in [0, 0.1) is 0 Å². The number of sulfone groups is 1. The zero-order valence-corrected chi connectivity index (χ0v) is 18.9. The number of para-hydroxylation sites is 1. The van der Waals surface area contributed by atoms with E-state index >= 15 is 0 Å². The van der Waals surface area contributed by atoms with Crippen LogP contribution in [0.2, 0.25) is 0 Å². The van der Waals surface area contributed by atoms with Crippen LogP contribution in [0.4, 0.5) is 18.9 Å². The monoisotopic (exact) mass is 478 g/mol. The van der Waals surface area contributed by atoms with E-state index in [1.807, 2.05) is 0 Å². The van der Waals surface area contributed by atoms with Gasteiger partial charge in [0, 0.05) is 24.4 Å². The summed E-state index contributed by atoms with van der Waals surface area (Å²) in [6.45, 7) is 1.35. The predicted octanol–water partition coefficient (Wildman–Crippen LogP) is 4.85. The Kier molecular flexibility index (Phi) is 6.78. The van der Waals surface area contributed by atoms with E-state index < -0.39 is 37.9 Å². The van der Waals surface area contributed by atoms with Gasteiger partial charge in [-0.3, -0.25) is 9.78 Å². The minimum atomic E-state index is -4.75. The number of nitrogens with zero attached hydrogens (tertiary/aromatic N) is 2. The van der Waals surface area contributed by atoms with Crippen molar-refractivity contribution >= 4 is 21.4 Å². The molecule has 2 aromatic carbocycles.